The minimum Gasteiger partial charge on any atom is -0.484 e. The smallest absolute Gasteiger partial charge is 0.262 e. The van der Waals surface area contributed by atoms with Crippen molar-refractivity contribution in [2.24, 2.45) is 0 Å². The summed E-state index contributed by atoms with van der Waals surface area (Å²) in [6, 6.07) is 8.88. The molecule has 0 saturated carbocycles. The van der Waals surface area contributed by atoms with Crippen LogP contribution in [0, 0.1) is 11.6 Å². The molecule has 29 heavy (non-hydrogen) atoms. The molecular weight excluding hydrogens is 402 g/mol. The van der Waals surface area contributed by atoms with Gasteiger partial charge in [-0.05, 0) is 49.2 Å². The van der Waals surface area contributed by atoms with Crippen molar-refractivity contribution in [1.82, 2.24) is 4.31 Å². The molecule has 0 bridgehead atoms. The van der Waals surface area contributed by atoms with Crippen molar-refractivity contribution in [2.45, 2.75) is 30.6 Å². The molecule has 0 unspecified atom stereocenters. The molecule has 1 aliphatic rings. The molecule has 2 aromatic carbocycles. The Balaban J connectivity index is 1.57. The standard InChI is InChI=1S/C20H22F2N2O4S/c21-18-10-5-15(13-19(18)22)23-20(25)14-28-16-6-8-17(9-7-16)29(26,27)24-11-3-1-2-4-12-24/h5-10,13H,1-4,11-12,14H2,(H,23,25). The lowest BCUT2D eigenvalue weighted by atomic mass is 10.2. The summed E-state index contributed by atoms with van der Waals surface area (Å²) >= 11 is 0. The second-order valence-corrected chi connectivity index (χ2v) is 8.69. The van der Waals surface area contributed by atoms with Crippen LogP contribution < -0.4 is 10.1 Å². The van der Waals surface area contributed by atoms with E-state index < -0.39 is 27.6 Å². The number of halogens is 2. The highest BCUT2D eigenvalue weighted by molar-refractivity contribution is 7.89. The number of carbonyl (C=O) groups is 1. The number of nitrogens with one attached hydrogen (secondary N) is 1. The maximum Gasteiger partial charge on any atom is 0.262 e. The van der Waals surface area contributed by atoms with Gasteiger partial charge in [-0.25, -0.2) is 17.2 Å². The topological polar surface area (TPSA) is 75.7 Å². The fourth-order valence-corrected chi connectivity index (χ4v) is 4.58. The first-order chi connectivity index (χ1) is 13.9. The van der Waals surface area contributed by atoms with E-state index in [0.717, 1.165) is 37.8 Å². The minimum atomic E-state index is -3.55. The van der Waals surface area contributed by atoms with Crippen molar-refractivity contribution in [1.29, 1.82) is 0 Å². The molecule has 1 amide bonds. The molecule has 0 radical (unpaired) electrons. The lowest BCUT2D eigenvalue weighted by Gasteiger charge is -2.20. The molecule has 1 saturated heterocycles. The van der Waals surface area contributed by atoms with Crippen molar-refractivity contribution in [2.75, 3.05) is 25.0 Å². The summed E-state index contributed by atoms with van der Waals surface area (Å²) in [6.07, 6.45) is 3.78. The van der Waals surface area contributed by atoms with Gasteiger partial charge in [-0.3, -0.25) is 4.79 Å². The molecule has 0 atom stereocenters. The van der Waals surface area contributed by atoms with Gasteiger partial charge in [-0.15, -0.1) is 0 Å². The maximum atomic E-state index is 13.2. The van der Waals surface area contributed by atoms with Crippen molar-refractivity contribution in [3.63, 3.8) is 0 Å². The van der Waals surface area contributed by atoms with Gasteiger partial charge < -0.3 is 10.1 Å². The Kier molecular flexibility index (Phi) is 6.81. The Morgan fingerprint density at radius 2 is 1.62 bits per heavy atom. The molecule has 2 aromatic rings. The van der Waals surface area contributed by atoms with Crippen LogP contribution in [0.5, 0.6) is 5.75 Å². The van der Waals surface area contributed by atoms with E-state index in [0.29, 0.717) is 18.8 Å². The summed E-state index contributed by atoms with van der Waals surface area (Å²) in [4.78, 5) is 12.1. The second kappa shape index (κ2) is 9.32. The Hall–Kier alpha value is -2.52. The second-order valence-electron chi connectivity index (χ2n) is 6.76. The number of sulfonamides is 1. The fraction of sp³-hybridized carbons (Fsp3) is 0.350. The van der Waals surface area contributed by atoms with Crippen LogP contribution in [0.4, 0.5) is 14.5 Å². The first kappa shape index (κ1) is 21.2. The monoisotopic (exact) mass is 424 g/mol. The zero-order valence-electron chi connectivity index (χ0n) is 15.7. The van der Waals surface area contributed by atoms with E-state index in [9.17, 15) is 22.0 Å². The summed E-state index contributed by atoms with van der Waals surface area (Å²) in [5.74, 6) is -2.31. The Morgan fingerprint density at radius 1 is 0.966 bits per heavy atom. The summed E-state index contributed by atoms with van der Waals surface area (Å²) < 4.78 is 58.4. The molecule has 0 spiro atoms. The molecule has 1 heterocycles. The lowest BCUT2D eigenvalue weighted by Crippen LogP contribution is -2.31. The zero-order chi connectivity index (χ0) is 20.9. The predicted octanol–water partition coefficient (Wildman–Crippen LogP) is 3.55. The van der Waals surface area contributed by atoms with Crippen LogP contribution in [0.15, 0.2) is 47.4 Å². The van der Waals surface area contributed by atoms with Crippen LogP contribution >= 0.6 is 0 Å². The number of anilines is 1. The van der Waals surface area contributed by atoms with Gasteiger partial charge in [0.1, 0.15) is 5.75 Å². The molecule has 0 aliphatic carbocycles. The Morgan fingerprint density at radius 3 is 2.24 bits per heavy atom. The minimum absolute atomic E-state index is 0.108. The molecular formula is C20H22F2N2O4S. The number of amides is 1. The van der Waals surface area contributed by atoms with E-state index in [4.69, 9.17) is 4.74 Å². The molecule has 156 valence electrons. The predicted molar refractivity (Wildman–Crippen MR) is 104 cm³/mol. The highest BCUT2D eigenvalue weighted by Crippen LogP contribution is 2.22. The lowest BCUT2D eigenvalue weighted by molar-refractivity contribution is -0.118. The largest absolute Gasteiger partial charge is 0.484 e. The van der Waals surface area contributed by atoms with Gasteiger partial charge in [0.2, 0.25) is 10.0 Å². The van der Waals surface area contributed by atoms with Gasteiger partial charge in [-0.1, -0.05) is 12.8 Å². The molecule has 6 nitrogen and oxygen atoms in total. The third-order valence-corrected chi connectivity index (χ3v) is 6.51. The normalized spacial score (nSPS) is 15.5. The molecule has 1 fully saturated rings. The maximum absolute atomic E-state index is 13.2. The number of rotatable bonds is 6. The van der Waals surface area contributed by atoms with Crippen molar-refractivity contribution >= 4 is 21.6 Å². The highest BCUT2D eigenvalue weighted by atomic mass is 32.2. The van der Waals surface area contributed by atoms with Gasteiger partial charge in [0.15, 0.2) is 18.2 Å². The molecule has 9 heteroatoms. The van der Waals surface area contributed by atoms with E-state index in [-0.39, 0.29) is 17.2 Å². The summed E-state index contributed by atoms with van der Waals surface area (Å²) in [5.41, 5.74) is 0.108. The average molecular weight is 424 g/mol. The van der Waals surface area contributed by atoms with E-state index in [1.54, 1.807) is 0 Å². The SMILES string of the molecule is O=C(COc1ccc(S(=O)(=O)N2CCCCCC2)cc1)Nc1ccc(F)c(F)c1. The van der Waals surface area contributed by atoms with E-state index >= 15 is 0 Å². The molecule has 1 N–H and O–H groups in total. The third kappa shape index (κ3) is 5.51. The molecule has 3 rings (SSSR count). The first-order valence-electron chi connectivity index (χ1n) is 9.34. The van der Waals surface area contributed by atoms with E-state index in [2.05, 4.69) is 5.32 Å². The molecule has 0 aromatic heterocycles. The summed E-state index contributed by atoms with van der Waals surface area (Å²) in [6.45, 7) is 0.673. The van der Waals surface area contributed by atoms with E-state index in [1.165, 1.54) is 34.6 Å². The van der Waals surface area contributed by atoms with Crippen LogP contribution in [0.25, 0.3) is 0 Å². The third-order valence-electron chi connectivity index (χ3n) is 4.60. The van der Waals surface area contributed by atoms with Gasteiger partial charge in [-0.2, -0.15) is 4.31 Å². The van der Waals surface area contributed by atoms with Crippen LogP contribution in [0.2, 0.25) is 0 Å². The highest BCUT2D eigenvalue weighted by Gasteiger charge is 2.25. The van der Waals surface area contributed by atoms with E-state index in [1.807, 2.05) is 0 Å². The fourth-order valence-electron chi connectivity index (χ4n) is 3.06. The number of benzene rings is 2. The van der Waals surface area contributed by atoms with Crippen molar-refractivity contribution < 1.29 is 26.7 Å². The molecule has 1 aliphatic heterocycles. The van der Waals surface area contributed by atoms with Gasteiger partial charge in [0.25, 0.3) is 5.91 Å². The van der Waals surface area contributed by atoms with Gasteiger partial charge >= 0.3 is 0 Å². The summed E-state index contributed by atoms with van der Waals surface area (Å²) in [7, 11) is -3.55. The van der Waals surface area contributed by atoms with Crippen molar-refractivity contribution in [3.05, 3.63) is 54.1 Å². The Labute approximate surface area is 168 Å². The van der Waals surface area contributed by atoms with Crippen LogP contribution in [-0.2, 0) is 14.8 Å². The number of nitrogens with zero attached hydrogens (tertiary/aromatic N) is 1. The zero-order valence-corrected chi connectivity index (χ0v) is 16.6. The van der Waals surface area contributed by atoms with Crippen LogP contribution in [-0.4, -0.2) is 38.3 Å². The van der Waals surface area contributed by atoms with Crippen LogP contribution in [0.1, 0.15) is 25.7 Å². The van der Waals surface area contributed by atoms with Crippen molar-refractivity contribution in [3.8, 4) is 5.75 Å². The average Bonchev–Trinajstić information content (AvgIpc) is 3.00. The first-order valence-corrected chi connectivity index (χ1v) is 10.8. The van der Waals surface area contributed by atoms with Gasteiger partial charge in [0, 0.05) is 24.8 Å². The number of ether oxygens (including phenoxy) is 1. The Bertz CT molecular complexity index is 957. The number of hydrogen-bond acceptors (Lipinski definition) is 4. The quantitative estimate of drug-likeness (QED) is 0.770. The van der Waals surface area contributed by atoms with Gasteiger partial charge in [0.05, 0.1) is 4.90 Å². The number of carbonyl (C=O) groups excluding carboxylic acids is 1. The van der Waals surface area contributed by atoms with Crippen LogP contribution in [0.3, 0.4) is 0 Å². The number of hydrogen-bond donors (Lipinski definition) is 1. The summed E-state index contributed by atoms with van der Waals surface area (Å²) in [5, 5.41) is 2.39.